The summed E-state index contributed by atoms with van der Waals surface area (Å²) in [4.78, 5) is 16.0. The summed E-state index contributed by atoms with van der Waals surface area (Å²) in [6.07, 6.45) is 1.59. The third-order valence-electron chi connectivity index (χ3n) is 2.98. The lowest BCUT2D eigenvalue weighted by molar-refractivity contribution is -0.119. The van der Waals surface area contributed by atoms with Crippen molar-refractivity contribution < 1.29 is 9.18 Å². The second kappa shape index (κ2) is 7.57. The van der Waals surface area contributed by atoms with Crippen molar-refractivity contribution >= 4 is 17.7 Å². The Morgan fingerprint density at radius 2 is 2.14 bits per heavy atom. The lowest BCUT2D eigenvalue weighted by Crippen LogP contribution is -2.28. The Morgan fingerprint density at radius 1 is 1.41 bits per heavy atom. The Morgan fingerprint density at radius 3 is 2.82 bits per heavy atom. The van der Waals surface area contributed by atoms with Gasteiger partial charge >= 0.3 is 0 Å². The summed E-state index contributed by atoms with van der Waals surface area (Å²) < 4.78 is 12.9. The van der Waals surface area contributed by atoms with Crippen LogP contribution in [0.3, 0.4) is 0 Å². The molecule has 112 valence electrons. The van der Waals surface area contributed by atoms with Crippen molar-refractivity contribution in [1.82, 2.24) is 10.3 Å². The fraction of sp³-hybridized carbons (Fsp3) is 0.188. The largest absolute Gasteiger partial charge is 0.349 e. The van der Waals surface area contributed by atoms with Crippen LogP contribution in [0.5, 0.6) is 0 Å². The van der Waals surface area contributed by atoms with E-state index < -0.39 is 0 Å². The van der Waals surface area contributed by atoms with E-state index in [1.807, 2.05) is 13.0 Å². The van der Waals surface area contributed by atoms with Gasteiger partial charge in [0, 0.05) is 6.20 Å². The van der Waals surface area contributed by atoms with Gasteiger partial charge in [0.05, 0.1) is 17.4 Å². The lowest BCUT2D eigenvalue weighted by Gasteiger charge is -2.14. The number of thioether (sulfide) groups is 1. The fourth-order valence-electron chi connectivity index (χ4n) is 1.84. The molecule has 0 saturated heterocycles. The molecule has 0 fully saturated rings. The molecule has 4 nitrogen and oxygen atoms in total. The molecule has 1 amide bonds. The molecule has 2 rings (SSSR count). The van der Waals surface area contributed by atoms with E-state index in [1.165, 1.54) is 23.9 Å². The third kappa shape index (κ3) is 4.30. The summed E-state index contributed by atoms with van der Waals surface area (Å²) >= 11 is 1.21. The molecule has 6 heteroatoms. The third-order valence-corrected chi connectivity index (χ3v) is 3.98. The molecule has 0 unspecified atom stereocenters. The summed E-state index contributed by atoms with van der Waals surface area (Å²) in [7, 11) is 0. The predicted octanol–water partition coefficient (Wildman–Crippen LogP) is 3.06. The molecule has 0 aliphatic rings. The van der Waals surface area contributed by atoms with Crippen molar-refractivity contribution in [3.63, 3.8) is 0 Å². The Labute approximate surface area is 132 Å². The van der Waals surface area contributed by atoms with Crippen molar-refractivity contribution in [3.8, 4) is 6.07 Å². The number of nitrogens with one attached hydrogen (secondary N) is 1. The maximum Gasteiger partial charge on any atom is 0.230 e. The minimum Gasteiger partial charge on any atom is -0.349 e. The zero-order chi connectivity index (χ0) is 15.9. The van der Waals surface area contributed by atoms with Crippen LogP contribution in [-0.4, -0.2) is 16.6 Å². The molecule has 0 radical (unpaired) electrons. The van der Waals surface area contributed by atoms with Gasteiger partial charge in [0.15, 0.2) is 0 Å². The van der Waals surface area contributed by atoms with Crippen LogP contribution in [0.2, 0.25) is 0 Å². The predicted molar refractivity (Wildman–Crippen MR) is 82.6 cm³/mol. The van der Waals surface area contributed by atoms with E-state index in [-0.39, 0.29) is 23.5 Å². The van der Waals surface area contributed by atoms with E-state index >= 15 is 0 Å². The number of halogens is 1. The van der Waals surface area contributed by atoms with Gasteiger partial charge in [-0.05, 0) is 36.8 Å². The first-order valence-corrected chi connectivity index (χ1v) is 7.61. The standard InChI is InChI=1S/C16H14FN3OS/c1-11(12-4-6-14(17)7-5-12)20-15(21)10-22-16-13(9-18)3-2-8-19-16/h2-8,11H,10H2,1H3,(H,20,21)/t11-/m1/s1. The Hall–Kier alpha value is -2.39. The summed E-state index contributed by atoms with van der Waals surface area (Å²) in [6.45, 7) is 1.83. The highest BCUT2D eigenvalue weighted by Crippen LogP contribution is 2.19. The summed E-state index contributed by atoms with van der Waals surface area (Å²) in [6, 6.07) is 11.2. The molecule has 0 saturated carbocycles. The molecule has 1 N–H and O–H groups in total. The molecule has 2 aromatic rings. The van der Waals surface area contributed by atoms with E-state index in [0.717, 1.165) is 5.56 Å². The molecule has 1 heterocycles. The van der Waals surface area contributed by atoms with Gasteiger partial charge in [0.1, 0.15) is 16.9 Å². The second-order valence-corrected chi connectivity index (χ2v) is 5.56. The number of carbonyl (C=O) groups excluding carboxylic acids is 1. The fourth-order valence-corrected chi connectivity index (χ4v) is 2.60. The van der Waals surface area contributed by atoms with E-state index in [0.29, 0.717) is 10.6 Å². The molecule has 1 aromatic carbocycles. The van der Waals surface area contributed by atoms with Crippen LogP contribution in [-0.2, 0) is 4.79 Å². The SMILES string of the molecule is C[C@@H](NC(=O)CSc1ncccc1C#N)c1ccc(F)cc1. The van der Waals surface area contributed by atoms with Crippen molar-refractivity contribution in [3.05, 3.63) is 59.5 Å². The topological polar surface area (TPSA) is 65.8 Å². The Kier molecular flexibility index (Phi) is 5.50. The number of carbonyl (C=O) groups is 1. The highest BCUT2D eigenvalue weighted by Gasteiger charge is 2.11. The van der Waals surface area contributed by atoms with Crippen LogP contribution in [0.25, 0.3) is 0 Å². The molecule has 22 heavy (non-hydrogen) atoms. The number of hydrogen-bond acceptors (Lipinski definition) is 4. The molecule has 1 atom stereocenters. The van der Waals surface area contributed by atoms with Crippen LogP contribution >= 0.6 is 11.8 Å². The number of aromatic nitrogens is 1. The number of rotatable bonds is 5. The van der Waals surface area contributed by atoms with Gasteiger partial charge in [0.25, 0.3) is 0 Å². The first kappa shape index (κ1) is 16.0. The average Bonchev–Trinajstić information content (AvgIpc) is 2.53. The molecule has 0 bridgehead atoms. The van der Waals surface area contributed by atoms with Gasteiger partial charge in [0.2, 0.25) is 5.91 Å². The number of nitrogens with zero attached hydrogens (tertiary/aromatic N) is 2. The second-order valence-electron chi connectivity index (χ2n) is 4.60. The average molecular weight is 315 g/mol. The van der Waals surface area contributed by atoms with Crippen LogP contribution in [0.1, 0.15) is 24.1 Å². The zero-order valence-corrected chi connectivity index (χ0v) is 12.7. The molecule has 0 aliphatic heterocycles. The number of nitriles is 1. The molecular formula is C16H14FN3OS. The van der Waals surface area contributed by atoms with Gasteiger partial charge in [-0.25, -0.2) is 9.37 Å². The van der Waals surface area contributed by atoms with Gasteiger partial charge in [-0.2, -0.15) is 5.26 Å². The van der Waals surface area contributed by atoms with Gasteiger partial charge < -0.3 is 5.32 Å². The molecule has 0 spiro atoms. The first-order chi connectivity index (χ1) is 10.6. The van der Waals surface area contributed by atoms with Gasteiger partial charge in [-0.1, -0.05) is 23.9 Å². The maximum absolute atomic E-state index is 12.9. The minimum atomic E-state index is -0.308. The van der Waals surface area contributed by atoms with E-state index in [4.69, 9.17) is 5.26 Å². The van der Waals surface area contributed by atoms with E-state index in [1.54, 1.807) is 30.5 Å². The van der Waals surface area contributed by atoms with Gasteiger partial charge in [-0.15, -0.1) is 0 Å². The Bertz CT molecular complexity index is 697. The molecule has 1 aromatic heterocycles. The van der Waals surface area contributed by atoms with Crippen LogP contribution in [0.15, 0.2) is 47.6 Å². The highest BCUT2D eigenvalue weighted by molar-refractivity contribution is 7.99. The Balaban J connectivity index is 1.90. The summed E-state index contributed by atoms with van der Waals surface area (Å²) in [5.41, 5.74) is 1.28. The van der Waals surface area contributed by atoms with Gasteiger partial charge in [-0.3, -0.25) is 4.79 Å². The van der Waals surface area contributed by atoms with Crippen molar-refractivity contribution in [2.75, 3.05) is 5.75 Å². The number of benzene rings is 1. The van der Waals surface area contributed by atoms with Crippen LogP contribution in [0.4, 0.5) is 4.39 Å². The normalized spacial score (nSPS) is 11.5. The van der Waals surface area contributed by atoms with Crippen LogP contribution < -0.4 is 5.32 Å². The van der Waals surface area contributed by atoms with E-state index in [9.17, 15) is 9.18 Å². The molecular weight excluding hydrogens is 301 g/mol. The number of pyridine rings is 1. The number of hydrogen-bond donors (Lipinski definition) is 1. The van der Waals surface area contributed by atoms with E-state index in [2.05, 4.69) is 10.3 Å². The maximum atomic E-state index is 12.9. The quantitative estimate of drug-likeness (QED) is 0.861. The smallest absolute Gasteiger partial charge is 0.230 e. The monoisotopic (exact) mass is 315 g/mol. The zero-order valence-electron chi connectivity index (χ0n) is 11.9. The summed E-state index contributed by atoms with van der Waals surface area (Å²) in [5, 5.41) is 12.3. The lowest BCUT2D eigenvalue weighted by atomic mass is 10.1. The minimum absolute atomic E-state index is 0.164. The highest BCUT2D eigenvalue weighted by atomic mass is 32.2. The van der Waals surface area contributed by atoms with Crippen LogP contribution in [0, 0.1) is 17.1 Å². The first-order valence-electron chi connectivity index (χ1n) is 6.63. The molecule has 0 aliphatic carbocycles. The van der Waals surface area contributed by atoms with Crippen molar-refractivity contribution in [1.29, 1.82) is 5.26 Å². The summed E-state index contributed by atoms with van der Waals surface area (Å²) in [5.74, 6) is -0.314. The van der Waals surface area contributed by atoms with Crippen molar-refractivity contribution in [2.24, 2.45) is 0 Å². The van der Waals surface area contributed by atoms with Crippen molar-refractivity contribution in [2.45, 2.75) is 18.0 Å². The number of amides is 1.